The third-order valence-electron chi connectivity index (χ3n) is 4.49. The van der Waals surface area contributed by atoms with E-state index in [0.717, 1.165) is 44.0 Å². The van der Waals surface area contributed by atoms with Crippen LogP contribution >= 0.6 is 0 Å². The van der Waals surface area contributed by atoms with Crippen molar-refractivity contribution in [3.63, 3.8) is 0 Å². The highest BCUT2D eigenvalue weighted by molar-refractivity contribution is 5.73. The molecule has 0 saturated heterocycles. The summed E-state index contributed by atoms with van der Waals surface area (Å²) in [6.07, 6.45) is -3.99. The van der Waals surface area contributed by atoms with E-state index in [1.807, 2.05) is 11.6 Å². The van der Waals surface area contributed by atoms with Crippen molar-refractivity contribution in [1.29, 1.82) is 0 Å². The Balaban J connectivity index is 0.000000370. The first-order valence-electron chi connectivity index (χ1n) is 9.26. The lowest BCUT2D eigenvalue weighted by Crippen LogP contribution is -2.28. The summed E-state index contributed by atoms with van der Waals surface area (Å²) in [5.41, 5.74) is 4.79. The zero-order chi connectivity index (χ0) is 21.4. The Bertz CT molecular complexity index is 791. The van der Waals surface area contributed by atoms with Crippen molar-refractivity contribution >= 4 is 5.97 Å². The predicted octanol–water partition coefficient (Wildman–Crippen LogP) is 2.72. The van der Waals surface area contributed by atoms with Gasteiger partial charge in [0.25, 0.3) is 0 Å². The second kappa shape index (κ2) is 10.4. The van der Waals surface area contributed by atoms with E-state index in [1.165, 1.54) is 11.1 Å². The summed E-state index contributed by atoms with van der Waals surface area (Å²) >= 11 is 0. The molecule has 0 fully saturated rings. The molecule has 0 bridgehead atoms. The number of halogens is 3. The highest BCUT2D eigenvalue weighted by Gasteiger charge is 2.38. The monoisotopic (exact) mass is 414 g/mol. The number of nitrogens with zero attached hydrogens (tertiary/aromatic N) is 3. The van der Waals surface area contributed by atoms with Crippen molar-refractivity contribution in [2.75, 3.05) is 13.2 Å². The van der Waals surface area contributed by atoms with Gasteiger partial charge in [-0.1, -0.05) is 36.4 Å². The maximum Gasteiger partial charge on any atom is 0.490 e. The van der Waals surface area contributed by atoms with Crippen molar-refractivity contribution in [3.8, 4) is 0 Å². The van der Waals surface area contributed by atoms with E-state index in [9.17, 15) is 13.2 Å². The first-order chi connectivity index (χ1) is 13.7. The van der Waals surface area contributed by atoms with Gasteiger partial charge in [0.1, 0.15) is 0 Å². The topological polar surface area (TPSA) is 89.3 Å². The van der Waals surface area contributed by atoms with E-state index in [-0.39, 0.29) is 0 Å². The van der Waals surface area contributed by atoms with Crippen LogP contribution in [0.1, 0.15) is 29.4 Å². The molecule has 2 heterocycles. The molecule has 29 heavy (non-hydrogen) atoms. The van der Waals surface area contributed by atoms with Gasteiger partial charge in [-0.2, -0.15) is 13.2 Å². The molecule has 1 unspecified atom stereocenters. The second-order valence-electron chi connectivity index (χ2n) is 6.79. The number of rotatable bonds is 5. The molecule has 2 aromatic rings. The van der Waals surface area contributed by atoms with Gasteiger partial charge in [0.2, 0.25) is 0 Å². The summed E-state index contributed by atoms with van der Waals surface area (Å²) in [5.74, 6) is -2.33. The SMILES string of the molecule is CCc1ccc(CNCC2COCc3c(C)nnn3C2)cc1.O=C(O)C(F)(F)F. The fourth-order valence-corrected chi connectivity index (χ4v) is 2.80. The molecule has 1 aliphatic heterocycles. The van der Waals surface area contributed by atoms with Gasteiger partial charge < -0.3 is 15.2 Å². The number of carbonyl (C=O) groups is 1. The third-order valence-corrected chi connectivity index (χ3v) is 4.49. The fourth-order valence-electron chi connectivity index (χ4n) is 2.80. The number of nitrogens with one attached hydrogen (secondary N) is 1. The Morgan fingerprint density at radius 2 is 1.93 bits per heavy atom. The molecule has 2 N–H and O–H groups in total. The van der Waals surface area contributed by atoms with Crippen LogP contribution in [-0.2, 0) is 35.6 Å². The number of aliphatic carboxylic acids is 1. The molecule has 10 heteroatoms. The summed E-state index contributed by atoms with van der Waals surface area (Å²) in [5, 5.41) is 19.0. The maximum absolute atomic E-state index is 10.6. The molecule has 0 radical (unpaired) electrons. The van der Waals surface area contributed by atoms with Gasteiger partial charge in [0.05, 0.1) is 24.6 Å². The predicted molar refractivity (Wildman–Crippen MR) is 99.1 cm³/mol. The van der Waals surface area contributed by atoms with Crippen molar-refractivity contribution in [3.05, 3.63) is 46.8 Å². The Kier molecular flexibility index (Phi) is 8.15. The molecule has 1 aromatic carbocycles. The molecule has 0 spiro atoms. The molecule has 1 atom stereocenters. The molecule has 160 valence electrons. The Morgan fingerprint density at radius 1 is 1.31 bits per heavy atom. The maximum atomic E-state index is 10.6. The Labute approximate surface area is 166 Å². The summed E-state index contributed by atoms with van der Waals surface area (Å²) in [7, 11) is 0. The molecule has 0 amide bonds. The van der Waals surface area contributed by atoms with Crippen molar-refractivity contribution in [1.82, 2.24) is 20.3 Å². The van der Waals surface area contributed by atoms with E-state index in [0.29, 0.717) is 12.5 Å². The number of hydrogen-bond donors (Lipinski definition) is 2. The van der Waals surface area contributed by atoms with Gasteiger partial charge in [-0.3, -0.25) is 0 Å². The number of carboxylic acids is 1. The van der Waals surface area contributed by atoms with Gasteiger partial charge in [-0.05, 0) is 24.5 Å². The minimum absolute atomic E-state index is 0.428. The van der Waals surface area contributed by atoms with E-state index < -0.39 is 12.1 Å². The van der Waals surface area contributed by atoms with E-state index in [2.05, 4.69) is 46.8 Å². The molecule has 0 saturated carbocycles. The molecular formula is C19H25F3N4O3. The van der Waals surface area contributed by atoms with Crippen LogP contribution in [0.25, 0.3) is 0 Å². The minimum atomic E-state index is -5.08. The summed E-state index contributed by atoms with van der Waals surface area (Å²) in [6.45, 7) is 8.24. The number of hydrogen-bond acceptors (Lipinski definition) is 5. The molecule has 3 rings (SSSR count). The van der Waals surface area contributed by atoms with Crippen LogP contribution in [0.15, 0.2) is 24.3 Å². The van der Waals surface area contributed by atoms with Crippen LogP contribution in [0.2, 0.25) is 0 Å². The van der Waals surface area contributed by atoms with E-state index >= 15 is 0 Å². The van der Waals surface area contributed by atoms with Crippen LogP contribution in [0, 0.1) is 12.8 Å². The number of aromatic nitrogens is 3. The minimum Gasteiger partial charge on any atom is -0.475 e. The summed E-state index contributed by atoms with van der Waals surface area (Å²) < 4.78 is 39.5. The number of aryl methyl sites for hydroxylation is 2. The molecule has 1 aliphatic rings. The van der Waals surface area contributed by atoms with Gasteiger partial charge in [-0.15, -0.1) is 5.10 Å². The smallest absolute Gasteiger partial charge is 0.475 e. The van der Waals surface area contributed by atoms with Crippen LogP contribution in [-0.4, -0.2) is 45.4 Å². The van der Waals surface area contributed by atoms with Crippen LogP contribution in [0.5, 0.6) is 0 Å². The van der Waals surface area contributed by atoms with E-state index in [1.54, 1.807) is 0 Å². The number of alkyl halides is 3. The Hall–Kier alpha value is -2.46. The number of carboxylic acid groups (broad SMARTS) is 1. The normalized spacial score (nSPS) is 16.4. The van der Waals surface area contributed by atoms with Crippen LogP contribution in [0.3, 0.4) is 0 Å². The zero-order valence-corrected chi connectivity index (χ0v) is 16.4. The van der Waals surface area contributed by atoms with Gasteiger partial charge in [-0.25, -0.2) is 9.48 Å². The lowest BCUT2D eigenvalue weighted by Gasteiger charge is -2.15. The second-order valence-corrected chi connectivity index (χ2v) is 6.79. The van der Waals surface area contributed by atoms with Crippen molar-refractivity contribution < 1.29 is 27.8 Å². The fraction of sp³-hybridized carbons (Fsp3) is 0.526. The average Bonchev–Trinajstić information content (AvgIpc) is 2.89. The molecule has 0 aliphatic carbocycles. The highest BCUT2D eigenvalue weighted by atomic mass is 19.4. The number of benzene rings is 1. The van der Waals surface area contributed by atoms with E-state index in [4.69, 9.17) is 14.6 Å². The number of fused-ring (bicyclic) bond motifs is 1. The first-order valence-corrected chi connectivity index (χ1v) is 9.26. The van der Waals surface area contributed by atoms with Gasteiger partial charge in [0, 0.05) is 25.6 Å². The van der Waals surface area contributed by atoms with Crippen LogP contribution < -0.4 is 5.32 Å². The van der Waals surface area contributed by atoms with Gasteiger partial charge in [0.15, 0.2) is 0 Å². The lowest BCUT2D eigenvalue weighted by molar-refractivity contribution is -0.192. The first kappa shape index (κ1) is 22.8. The molecular weight excluding hydrogens is 389 g/mol. The lowest BCUT2D eigenvalue weighted by atomic mass is 10.1. The summed E-state index contributed by atoms with van der Waals surface area (Å²) in [6, 6.07) is 8.81. The quantitative estimate of drug-likeness (QED) is 0.782. The molecule has 1 aromatic heterocycles. The Morgan fingerprint density at radius 3 is 2.52 bits per heavy atom. The standard InChI is InChI=1S/C17H24N4O.C2HF3O2/c1-3-14-4-6-15(7-5-14)8-18-9-16-10-21-17(12-22-11-16)13(2)19-20-21;3-2(4,5)1(6)7/h4-7,16,18H,3,8-12H2,1-2H3;(H,6,7). The average molecular weight is 414 g/mol. The highest BCUT2D eigenvalue weighted by Crippen LogP contribution is 2.15. The largest absolute Gasteiger partial charge is 0.490 e. The van der Waals surface area contributed by atoms with Crippen molar-refractivity contribution in [2.45, 2.75) is 46.1 Å². The zero-order valence-electron chi connectivity index (χ0n) is 16.4. The van der Waals surface area contributed by atoms with Crippen LogP contribution in [0.4, 0.5) is 13.2 Å². The third kappa shape index (κ3) is 7.13. The van der Waals surface area contributed by atoms with Crippen molar-refractivity contribution in [2.24, 2.45) is 5.92 Å². The molecule has 7 nitrogen and oxygen atoms in total. The number of ether oxygens (including phenoxy) is 1. The summed E-state index contributed by atoms with van der Waals surface area (Å²) in [4.78, 5) is 8.90. The van der Waals surface area contributed by atoms with Gasteiger partial charge >= 0.3 is 12.1 Å².